The van der Waals surface area contributed by atoms with Crippen LogP contribution in [-0.2, 0) is 26.2 Å². The zero-order chi connectivity index (χ0) is 28.3. The van der Waals surface area contributed by atoms with Crippen molar-refractivity contribution in [2.24, 2.45) is 16.9 Å². The Balaban J connectivity index is 1.34. The van der Waals surface area contributed by atoms with Crippen molar-refractivity contribution in [1.29, 1.82) is 0 Å². The summed E-state index contributed by atoms with van der Waals surface area (Å²) in [6, 6.07) is 30.2. The summed E-state index contributed by atoms with van der Waals surface area (Å²) in [7, 11) is 0. The van der Waals surface area contributed by atoms with E-state index in [-0.39, 0.29) is 30.1 Å². The molecule has 8 heteroatoms. The van der Waals surface area contributed by atoms with Crippen LogP contribution in [0.2, 0.25) is 5.02 Å². The molecule has 0 aromatic heterocycles. The Kier molecular flexibility index (Phi) is 6.17. The van der Waals surface area contributed by atoms with Crippen molar-refractivity contribution in [1.82, 2.24) is 5.43 Å². The average molecular weight is 625 g/mol. The van der Waals surface area contributed by atoms with Gasteiger partial charge in [0, 0.05) is 21.6 Å². The lowest BCUT2D eigenvalue weighted by Gasteiger charge is -2.52. The first-order valence-corrected chi connectivity index (χ1v) is 14.5. The molecule has 3 aliphatic carbocycles. The summed E-state index contributed by atoms with van der Waals surface area (Å²) < 4.78 is 0.857. The maximum Gasteiger partial charge on any atom is 0.244 e. The molecule has 1 saturated heterocycles. The van der Waals surface area contributed by atoms with E-state index in [0.29, 0.717) is 10.7 Å². The summed E-state index contributed by atoms with van der Waals surface area (Å²) in [5, 5.41) is 5.06. The minimum atomic E-state index is -1.04. The number of hydrogen-bond donors (Lipinski definition) is 1. The first-order chi connectivity index (χ1) is 19.9. The first-order valence-electron chi connectivity index (χ1n) is 13.3. The van der Waals surface area contributed by atoms with Gasteiger partial charge in [-0.05, 0) is 64.2 Å². The molecule has 1 heterocycles. The fourth-order valence-corrected chi connectivity index (χ4v) is 7.32. The maximum atomic E-state index is 14.3. The van der Waals surface area contributed by atoms with Crippen LogP contribution in [0.25, 0.3) is 0 Å². The highest BCUT2D eigenvalue weighted by Crippen LogP contribution is 2.63. The summed E-state index contributed by atoms with van der Waals surface area (Å²) in [5.74, 6) is -2.37. The molecule has 0 unspecified atom stereocenters. The number of anilines is 1. The molecule has 8 rings (SSSR count). The summed E-state index contributed by atoms with van der Waals surface area (Å²) in [5.41, 5.74) is 6.83. The van der Waals surface area contributed by atoms with Gasteiger partial charge in [0.1, 0.15) is 0 Å². The standard InChI is InChI=1S/C33H23BrClN3O3/c34-20-11-15-22(16-12-20)38-31(40)29-28-23-5-1-3-7-25(23)33(30(29)32(38)41,26-8-4-2-6-24(26)28)18-36-37-27(39)17-19-9-13-21(35)14-10-19/h1-16,18,28-30H,17H2,(H,37,39)/b36-18-/t28?,29-,30+,33?/m1/s1. The Morgan fingerprint density at radius 3 is 2.12 bits per heavy atom. The Morgan fingerprint density at radius 2 is 1.49 bits per heavy atom. The molecule has 1 aliphatic heterocycles. The molecule has 202 valence electrons. The number of nitrogens with one attached hydrogen (secondary N) is 1. The topological polar surface area (TPSA) is 78.8 Å². The van der Waals surface area contributed by atoms with Gasteiger partial charge in [-0.25, -0.2) is 10.3 Å². The third kappa shape index (κ3) is 3.90. The third-order valence-electron chi connectivity index (χ3n) is 8.50. The van der Waals surface area contributed by atoms with Crippen LogP contribution in [0.3, 0.4) is 0 Å². The zero-order valence-electron chi connectivity index (χ0n) is 21.6. The van der Waals surface area contributed by atoms with Crippen LogP contribution in [0.5, 0.6) is 0 Å². The molecule has 0 saturated carbocycles. The van der Waals surface area contributed by atoms with Crippen LogP contribution in [-0.4, -0.2) is 23.9 Å². The molecule has 1 N–H and O–H groups in total. The van der Waals surface area contributed by atoms with Crippen molar-refractivity contribution in [3.05, 3.63) is 134 Å². The summed E-state index contributed by atoms with van der Waals surface area (Å²) in [6.45, 7) is 0. The molecule has 4 aromatic rings. The first kappa shape index (κ1) is 25.9. The van der Waals surface area contributed by atoms with Crippen molar-refractivity contribution >= 4 is 57.2 Å². The predicted octanol–water partition coefficient (Wildman–Crippen LogP) is 6.00. The SMILES string of the molecule is O=C(Cc1ccc(Cl)cc1)N/N=C\C12c3ccccc3C(c3ccccc31)[C@H]1C(=O)N(c3ccc(Br)cc3)C(=O)[C@H]12. The van der Waals surface area contributed by atoms with E-state index in [2.05, 4.69) is 26.5 Å². The highest BCUT2D eigenvalue weighted by atomic mass is 79.9. The third-order valence-corrected chi connectivity index (χ3v) is 9.28. The van der Waals surface area contributed by atoms with Crippen LogP contribution in [0.4, 0.5) is 5.69 Å². The van der Waals surface area contributed by atoms with Crippen molar-refractivity contribution in [3.63, 3.8) is 0 Å². The summed E-state index contributed by atoms with van der Waals surface area (Å²) in [6.07, 6.45) is 1.80. The Labute approximate surface area is 250 Å². The van der Waals surface area contributed by atoms with Crippen LogP contribution in [0.1, 0.15) is 33.7 Å². The smallest absolute Gasteiger partial charge is 0.244 e. The lowest BCUT2D eigenvalue weighted by molar-refractivity contribution is -0.123. The van der Waals surface area contributed by atoms with Crippen LogP contribution in [0, 0.1) is 11.8 Å². The molecular weight excluding hydrogens is 602 g/mol. The van der Waals surface area contributed by atoms with Gasteiger partial charge in [0.05, 0.1) is 29.4 Å². The number of hydrazone groups is 1. The minimum absolute atomic E-state index is 0.123. The van der Waals surface area contributed by atoms with E-state index in [1.807, 2.05) is 60.7 Å². The Hall–Kier alpha value is -4.07. The van der Waals surface area contributed by atoms with Gasteiger partial charge in [0.25, 0.3) is 0 Å². The number of benzene rings is 4. The molecule has 6 nitrogen and oxygen atoms in total. The number of imide groups is 1. The van der Waals surface area contributed by atoms with Gasteiger partial charge < -0.3 is 0 Å². The fourth-order valence-electron chi connectivity index (χ4n) is 6.93. The van der Waals surface area contributed by atoms with Crippen molar-refractivity contribution in [3.8, 4) is 0 Å². The summed E-state index contributed by atoms with van der Waals surface area (Å²) in [4.78, 5) is 42.7. The average Bonchev–Trinajstić information content (AvgIpc) is 3.25. The molecule has 2 bridgehead atoms. The molecule has 0 spiro atoms. The van der Waals surface area contributed by atoms with E-state index in [0.717, 1.165) is 32.3 Å². The van der Waals surface area contributed by atoms with E-state index in [1.54, 1.807) is 42.6 Å². The molecule has 41 heavy (non-hydrogen) atoms. The Morgan fingerprint density at radius 1 is 0.878 bits per heavy atom. The summed E-state index contributed by atoms with van der Waals surface area (Å²) >= 11 is 9.42. The van der Waals surface area contributed by atoms with Crippen LogP contribution in [0.15, 0.2) is 107 Å². The van der Waals surface area contributed by atoms with Gasteiger partial charge in [-0.15, -0.1) is 0 Å². The lowest BCUT2D eigenvalue weighted by atomic mass is 9.47. The number of carbonyl (C=O) groups is 3. The van der Waals surface area contributed by atoms with E-state index in [4.69, 9.17) is 11.6 Å². The van der Waals surface area contributed by atoms with E-state index in [9.17, 15) is 14.4 Å². The minimum Gasteiger partial charge on any atom is -0.274 e. The largest absolute Gasteiger partial charge is 0.274 e. The van der Waals surface area contributed by atoms with E-state index >= 15 is 0 Å². The number of hydrogen-bond acceptors (Lipinski definition) is 4. The van der Waals surface area contributed by atoms with Gasteiger partial charge in [0.2, 0.25) is 17.7 Å². The molecule has 4 aromatic carbocycles. The number of carbonyl (C=O) groups excluding carboxylic acids is 3. The number of nitrogens with zero attached hydrogens (tertiary/aromatic N) is 2. The Bertz CT molecular complexity index is 1710. The second-order valence-electron chi connectivity index (χ2n) is 10.6. The highest BCUT2D eigenvalue weighted by Gasteiger charge is 2.68. The quantitative estimate of drug-likeness (QED) is 0.168. The van der Waals surface area contributed by atoms with E-state index in [1.165, 1.54) is 4.90 Å². The second kappa shape index (κ2) is 9.79. The van der Waals surface area contributed by atoms with Gasteiger partial charge in [-0.2, -0.15) is 5.10 Å². The number of amides is 3. The number of halogens is 2. The van der Waals surface area contributed by atoms with Gasteiger partial charge in [-0.1, -0.05) is 88.2 Å². The fraction of sp³-hybridized carbons (Fsp3) is 0.152. The molecule has 4 aliphatic rings. The predicted molar refractivity (Wildman–Crippen MR) is 161 cm³/mol. The normalized spacial score (nSPS) is 23.9. The molecule has 3 amide bonds. The van der Waals surface area contributed by atoms with Crippen LogP contribution < -0.4 is 10.3 Å². The van der Waals surface area contributed by atoms with Crippen LogP contribution >= 0.6 is 27.5 Å². The zero-order valence-corrected chi connectivity index (χ0v) is 24.0. The van der Waals surface area contributed by atoms with Gasteiger partial charge in [-0.3, -0.25) is 14.4 Å². The van der Waals surface area contributed by atoms with E-state index < -0.39 is 17.3 Å². The molecule has 0 radical (unpaired) electrons. The number of rotatable bonds is 5. The van der Waals surface area contributed by atoms with Crippen molar-refractivity contribution < 1.29 is 14.4 Å². The molecule has 2 atom stereocenters. The maximum absolute atomic E-state index is 14.3. The van der Waals surface area contributed by atoms with Gasteiger partial charge in [0.15, 0.2) is 0 Å². The monoisotopic (exact) mass is 623 g/mol. The van der Waals surface area contributed by atoms with Gasteiger partial charge >= 0.3 is 0 Å². The second-order valence-corrected chi connectivity index (χ2v) is 12.0. The molecule has 1 fully saturated rings. The highest BCUT2D eigenvalue weighted by molar-refractivity contribution is 9.10. The van der Waals surface area contributed by atoms with Crippen molar-refractivity contribution in [2.75, 3.05) is 4.90 Å². The molecular formula is C33H23BrClN3O3. The lowest BCUT2D eigenvalue weighted by Crippen LogP contribution is -2.54. The van der Waals surface area contributed by atoms with Crippen molar-refractivity contribution in [2.45, 2.75) is 17.8 Å².